The van der Waals surface area contributed by atoms with E-state index in [4.69, 9.17) is 10.5 Å². The molecule has 3 N–H and O–H groups in total. The lowest BCUT2D eigenvalue weighted by molar-refractivity contribution is -0.116. The van der Waals surface area contributed by atoms with Gasteiger partial charge in [0.25, 0.3) is 0 Å². The Morgan fingerprint density at radius 3 is 3.10 bits per heavy atom. The first-order valence-electron chi connectivity index (χ1n) is 7.52. The molecule has 2 aliphatic heterocycles. The number of amides is 1. The molecule has 1 fully saturated rings. The minimum absolute atomic E-state index is 0.0575. The summed E-state index contributed by atoms with van der Waals surface area (Å²) < 4.78 is 5.64. The van der Waals surface area contributed by atoms with Crippen LogP contribution in [0.1, 0.15) is 49.3 Å². The highest BCUT2D eigenvalue weighted by molar-refractivity contribution is 5.93. The Hall–Kier alpha value is -1.39. The largest absolute Gasteiger partial charge is 0.378 e. The highest BCUT2D eigenvalue weighted by atomic mass is 16.5. The van der Waals surface area contributed by atoms with Crippen LogP contribution >= 0.6 is 0 Å². The van der Waals surface area contributed by atoms with Crippen molar-refractivity contribution in [3.05, 3.63) is 29.3 Å². The van der Waals surface area contributed by atoms with Crippen LogP contribution in [0.2, 0.25) is 0 Å². The van der Waals surface area contributed by atoms with Crippen LogP contribution in [0.15, 0.2) is 18.2 Å². The van der Waals surface area contributed by atoms with Gasteiger partial charge >= 0.3 is 0 Å². The smallest absolute Gasteiger partial charge is 0.224 e. The third kappa shape index (κ3) is 3.02. The van der Waals surface area contributed by atoms with Crippen molar-refractivity contribution in [1.29, 1.82) is 0 Å². The molecule has 3 rings (SSSR count). The average molecular weight is 274 g/mol. The molecule has 0 aromatic heterocycles. The lowest BCUT2D eigenvalue weighted by atomic mass is 9.95. The molecule has 2 unspecified atom stereocenters. The van der Waals surface area contributed by atoms with Crippen LogP contribution in [0, 0.1) is 0 Å². The van der Waals surface area contributed by atoms with Crippen LogP contribution in [0.25, 0.3) is 0 Å². The number of nitrogens with two attached hydrogens (primary N) is 1. The molecule has 0 bridgehead atoms. The van der Waals surface area contributed by atoms with Crippen molar-refractivity contribution >= 4 is 11.6 Å². The Morgan fingerprint density at radius 2 is 2.30 bits per heavy atom. The molecule has 108 valence electrons. The normalized spacial score (nSPS) is 23.2. The Balaban J connectivity index is 1.62. The van der Waals surface area contributed by atoms with E-state index in [1.165, 1.54) is 18.4 Å². The molecule has 2 aliphatic rings. The third-order valence-electron chi connectivity index (χ3n) is 4.28. The maximum Gasteiger partial charge on any atom is 0.224 e. The molecule has 1 amide bonds. The zero-order valence-electron chi connectivity index (χ0n) is 11.7. The number of ether oxygens (including phenoxy) is 1. The Bertz CT molecular complexity index is 495. The van der Waals surface area contributed by atoms with E-state index >= 15 is 0 Å². The highest BCUT2D eigenvalue weighted by Gasteiger charge is 2.19. The monoisotopic (exact) mass is 274 g/mol. The number of benzene rings is 1. The second-order valence-corrected chi connectivity index (χ2v) is 5.78. The molecule has 1 aromatic carbocycles. The van der Waals surface area contributed by atoms with E-state index in [-0.39, 0.29) is 11.9 Å². The van der Waals surface area contributed by atoms with Crippen LogP contribution in [-0.2, 0) is 16.0 Å². The van der Waals surface area contributed by atoms with E-state index in [1.807, 2.05) is 12.1 Å². The molecule has 1 aromatic rings. The van der Waals surface area contributed by atoms with Gasteiger partial charge in [-0.3, -0.25) is 4.79 Å². The van der Waals surface area contributed by atoms with Crippen molar-refractivity contribution in [1.82, 2.24) is 0 Å². The number of hydrogen-bond donors (Lipinski definition) is 2. The summed E-state index contributed by atoms with van der Waals surface area (Å²) in [6.07, 6.45) is 6.12. The first kappa shape index (κ1) is 13.6. The second-order valence-electron chi connectivity index (χ2n) is 5.78. The van der Waals surface area contributed by atoms with Gasteiger partial charge in [0.1, 0.15) is 0 Å². The molecule has 0 radical (unpaired) electrons. The van der Waals surface area contributed by atoms with Gasteiger partial charge in [-0.2, -0.15) is 0 Å². The fourth-order valence-corrected chi connectivity index (χ4v) is 3.04. The van der Waals surface area contributed by atoms with Crippen molar-refractivity contribution in [2.75, 3.05) is 11.9 Å². The summed E-state index contributed by atoms with van der Waals surface area (Å²) in [6, 6.07) is 6.22. The molecule has 4 nitrogen and oxygen atoms in total. The molecule has 2 heterocycles. The molecule has 4 heteroatoms. The molecule has 20 heavy (non-hydrogen) atoms. The van der Waals surface area contributed by atoms with Gasteiger partial charge in [0.2, 0.25) is 5.91 Å². The van der Waals surface area contributed by atoms with Gasteiger partial charge in [0, 0.05) is 24.8 Å². The third-order valence-corrected chi connectivity index (χ3v) is 4.28. The molecule has 2 atom stereocenters. The number of carbonyl (C=O) groups is 1. The first-order chi connectivity index (χ1) is 9.72. The van der Waals surface area contributed by atoms with Crippen LogP contribution < -0.4 is 11.1 Å². The first-order valence-corrected chi connectivity index (χ1v) is 7.52. The second kappa shape index (κ2) is 5.94. The summed E-state index contributed by atoms with van der Waals surface area (Å²) in [5.41, 5.74) is 9.60. The lowest BCUT2D eigenvalue weighted by Gasteiger charge is -2.20. The maximum atomic E-state index is 11.3. The maximum absolute atomic E-state index is 11.3. The average Bonchev–Trinajstić information content (AvgIpc) is 2.97. The van der Waals surface area contributed by atoms with Crippen molar-refractivity contribution in [2.24, 2.45) is 5.73 Å². The Kier molecular flexibility index (Phi) is 4.03. The van der Waals surface area contributed by atoms with Crippen molar-refractivity contribution in [3.63, 3.8) is 0 Å². The number of hydrogen-bond acceptors (Lipinski definition) is 3. The van der Waals surface area contributed by atoms with E-state index in [1.54, 1.807) is 0 Å². The fraction of sp³-hybridized carbons (Fsp3) is 0.562. The summed E-state index contributed by atoms with van der Waals surface area (Å²) >= 11 is 0. The van der Waals surface area contributed by atoms with E-state index < -0.39 is 0 Å². The summed E-state index contributed by atoms with van der Waals surface area (Å²) in [6.45, 7) is 0.901. The van der Waals surface area contributed by atoms with Crippen molar-refractivity contribution in [2.45, 2.75) is 50.7 Å². The number of aryl methyl sites for hydroxylation is 1. The summed E-state index contributed by atoms with van der Waals surface area (Å²) in [7, 11) is 0. The van der Waals surface area contributed by atoms with E-state index in [0.717, 1.165) is 37.1 Å². The number of rotatable bonds is 4. The SMILES string of the molecule is NC(CCC1CCCO1)c1ccc2c(c1)CCC(=O)N2. The number of fused-ring (bicyclic) bond motifs is 1. The minimum Gasteiger partial charge on any atom is -0.378 e. The predicted octanol–water partition coefficient (Wildman–Crippen LogP) is 2.53. The number of anilines is 1. The number of carbonyl (C=O) groups excluding carboxylic acids is 1. The van der Waals surface area contributed by atoms with E-state index in [2.05, 4.69) is 11.4 Å². The van der Waals surface area contributed by atoms with Crippen LogP contribution in [-0.4, -0.2) is 18.6 Å². The Morgan fingerprint density at radius 1 is 1.40 bits per heavy atom. The van der Waals surface area contributed by atoms with Gasteiger partial charge in [-0.1, -0.05) is 12.1 Å². The Labute approximate surface area is 119 Å². The summed E-state index contributed by atoms with van der Waals surface area (Å²) in [5, 5.41) is 2.90. The molecular weight excluding hydrogens is 252 g/mol. The standard InChI is InChI=1S/C16H22N2O2/c17-14(6-5-13-2-1-9-20-13)11-3-7-15-12(10-11)4-8-16(19)18-15/h3,7,10,13-14H,1-2,4-6,8-9,17H2,(H,18,19). The summed E-state index contributed by atoms with van der Waals surface area (Å²) in [5.74, 6) is 0.105. The number of nitrogens with one attached hydrogen (secondary N) is 1. The van der Waals surface area contributed by atoms with E-state index in [0.29, 0.717) is 12.5 Å². The van der Waals surface area contributed by atoms with Gasteiger partial charge in [-0.15, -0.1) is 0 Å². The van der Waals surface area contributed by atoms with Gasteiger partial charge in [-0.05, 0) is 49.3 Å². The van der Waals surface area contributed by atoms with Crippen molar-refractivity contribution < 1.29 is 9.53 Å². The zero-order chi connectivity index (χ0) is 13.9. The highest BCUT2D eigenvalue weighted by Crippen LogP contribution is 2.28. The van der Waals surface area contributed by atoms with Gasteiger partial charge in [0.05, 0.1) is 6.10 Å². The fourth-order valence-electron chi connectivity index (χ4n) is 3.04. The van der Waals surface area contributed by atoms with Crippen molar-refractivity contribution in [3.8, 4) is 0 Å². The topological polar surface area (TPSA) is 64.3 Å². The molecule has 0 saturated carbocycles. The zero-order valence-corrected chi connectivity index (χ0v) is 11.7. The molecule has 1 saturated heterocycles. The van der Waals surface area contributed by atoms with Gasteiger partial charge < -0.3 is 15.8 Å². The summed E-state index contributed by atoms with van der Waals surface area (Å²) in [4.78, 5) is 11.3. The minimum atomic E-state index is 0.0575. The van der Waals surface area contributed by atoms with Crippen LogP contribution in [0.5, 0.6) is 0 Å². The van der Waals surface area contributed by atoms with Crippen LogP contribution in [0.4, 0.5) is 5.69 Å². The van der Waals surface area contributed by atoms with Gasteiger partial charge in [0.15, 0.2) is 0 Å². The van der Waals surface area contributed by atoms with E-state index in [9.17, 15) is 4.79 Å². The molecule has 0 spiro atoms. The van der Waals surface area contributed by atoms with Gasteiger partial charge in [-0.25, -0.2) is 0 Å². The quantitative estimate of drug-likeness (QED) is 0.886. The molecular formula is C16H22N2O2. The predicted molar refractivity (Wildman–Crippen MR) is 78.5 cm³/mol. The van der Waals surface area contributed by atoms with Crippen LogP contribution in [0.3, 0.4) is 0 Å². The lowest BCUT2D eigenvalue weighted by Crippen LogP contribution is -2.20. The molecule has 0 aliphatic carbocycles.